The summed E-state index contributed by atoms with van der Waals surface area (Å²) in [5.41, 5.74) is 4.35. The third kappa shape index (κ3) is 1.76. The Kier molecular flexibility index (Phi) is 2.78. The van der Waals surface area contributed by atoms with Gasteiger partial charge in [0, 0.05) is 17.5 Å². The standard InChI is InChI=1S/C10H16FNS/c1-9(2,3)10(11,7-12)8-4-5-13-6-8/h4-6H,7,12H2,1-3H3. The summed E-state index contributed by atoms with van der Waals surface area (Å²) in [5, 5.41) is 3.71. The number of hydrogen-bond donors (Lipinski definition) is 1. The number of rotatable bonds is 2. The Labute approximate surface area is 82.8 Å². The van der Waals surface area contributed by atoms with Crippen LogP contribution in [-0.2, 0) is 5.67 Å². The molecule has 1 nitrogen and oxygen atoms in total. The molecule has 2 N–H and O–H groups in total. The van der Waals surface area contributed by atoms with Gasteiger partial charge in [-0.3, -0.25) is 0 Å². The van der Waals surface area contributed by atoms with E-state index >= 15 is 0 Å². The molecule has 0 amide bonds. The molecule has 0 bridgehead atoms. The zero-order valence-electron chi connectivity index (χ0n) is 8.30. The van der Waals surface area contributed by atoms with Gasteiger partial charge in [-0.05, 0) is 16.8 Å². The average Bonchev–Trinajstić information content (AvgIpc) is 2.52. The van der Waals surface area contributed by atoms with Crippen molar-refractivity contribution in [1.82, 2.24) is 0 Å². The van der Waals surface area contributed by atoms with E-state index in [0.29, 0.717) is 5.56 Å². The number of alkyl halides is 1. The predicted octanol–water partition coefficient (Wildman–Crippen LogP) is 2.92. The van der Waals surface area contributed by atoms with Crippen molar-refractivity contribution in [2.45, 2.75) is 26.4 Å². The molecule has 0 fully saturated rings. The minimum absolute atomic E-state index is 0.0350. The molecule has 0 spiro atoms. The van der Waals surface area contributed by atoms with Gasteiger partial charge >= 0.3 is 0 Å². The van der Waals surface area contributed by atoms with Crippen molar-refractivity contribution in [3.05, 3.63) is 22.4 Å². The van der Waals surface area contributed by atoms with E-state index in [-0.39, 0.29) is 6.54 Å². The number of halogens is 1. The first-order chi connectivity index (χ1) is 5.92. The van der Waals surface area contributed by atoms with Crippen molar-refractivity contribution in [3.63, 3.8) is 0 Å². The van der Waals surface area contributed by atoms with Gasteiger partial charge in [-0.25, -0.2) is 4.39 Å². The molecule has 1 atom stereocenters. The lowest BCUT2D eigenvalue weighted by Crippen LogP contribution is -2.42. The minimum atomic E-state index is -1.41. The summed E-state index contributed by atoms with van der Waals surface area (Å²) in [4.78, 5) is 0. The zero-order chi connectivity index (χ0) is 10.1. The monoisotopic (exact) mass is 201 g/mol. The van der Waals surface area contributed by atoms with E-state index in [0.717, 1.165) is 0 Å². The van der Waals surface area contributed by atoms with Crippen molar-refractivity contribution in [2.24, 2.45) is 11.1 Å². The van der Waals surface area contributed by atoms with Crippen LogP contribution in [0.2, 0.25) is 0 Å². The van der Waals surface area contributed by atoms with Gasteiger partial charge in [0.1, 0.15) is 0 Å². The van der Waals surface area contributed by atoms with E-state index in [9.17, 15) is 4.39 Å². The molecule has 0 aliphatic heterocycles. The Morgan fingerprint density at radius 1 is 1.46 bits per heavy atom. The molecule has 0 radical (unpaired) electrons. The fourth-order valence-corrected chi connectivity index (χ4v) is 2.06. The van der Waals surface area contributed by atoms with Crippen molar-refractivity contribution < 1.29 is 4.39 Å². The van der Waals surface area contributed by atoms with Crippen LogP contribution in [0, 0.1) is 5.41 Å². The summed E-state index contributed by atoms with van der Waals surface area (Å²) in [6.07, 6.45) is 0. The Hall–Kier alpha value is -0.410. The van der Waals surface area contributed by atoms with E-state index in [1.165, 1.54) is 11.3 Å². The maximum absolute atomic E-state index is 14.5. The van der Waals surface area contributed by atoms with Crippen molar-refractivity contribution >= 4 is 11.3 Å². The lowest BCUT2D eigenvalue weighted by atomic mass is 9.74. The number of nitrogens with two attached hydrogens (primary N) is 1. The first-order valence-corrected chi connectivity index (χ1v) is 5.28. The Morgan fingerprint density at radius 2 is 2.08 bits per heavy atom. The topological polar surface area (TPSA) is 26.0 Å². The summed E-state index contributed by atoms with van der Waals surface area (Å²) < 4.78 is 14.5. The summed E-state index contributed by atoms with van der Waals surface area (Å²) in [5.74, 6) is 0. The van der Waals surface area contributed by atoms with E-state index in [1.807, 2.05) is 37.6 Å². The molecule has 1 heterocycles. The summed E-state index contributed by atoms with van der Waals surface area (Å²) in [6.45, 7) is 5.65. The van der Waals surface area contributed by atoms with Gasteiger partial charge in [0.05, 0.1) is 0 Å². The fraction of sp³-hybridized carbons (Fsp3) is 0.600. The molecule has 1 rings (SSSR count). The molecule has 3 heteroatoms. The molecular formula is C10H16FNS. The van der Waals surface area contributed by atoms with Crippen LogP contribution in [0.15, 0.2) is 16.8 Å². The molecule has 74 valence electrons. The molecule has 0 aliphatic carbocycles. The van der Waals surface area contributed by atoms with Gasteiger partial charge in [-0.15, -0.1) is 0 Å². The van der Waals surface area contributed by atoms with Crippen molar-refractivity contribution in [2.75, 3.05) is 6.54 Å². The first-order valence-electron chi connectivity index (χ1n) is 4.33. The lowest BCUT2D eigenvalue weighted by Gasteiger charge is -2.36. The first kappa shape index (κ1) is 10.7. The highest BCUT2D eigenvalue weighted by Crippen LogP contribution is 2.42. The van der Waals surface area contributed by atoms with Crippen LogP contribution in [0.3, 0.4) is 0 Å². The Bertz CT molecular complexity index is 263. The van der Waals surface area contributed by atoms with Crippen LogP contribution in [-0.4, -0.2) is 6.54 Å². The predicted molar refractivity (Wildman–Crippen MR) is 55.6 cm³/mol. The summed E-state index contributed by atoms with van der Waals surface area (Å²) in [6, 6.07) is 1.81. The summed E-state index contributed by atoms with van der Waals surface area (Å²) >= 11 is 1.50. The molecule has 0 saturated heterocycles. The van der Waals surface area contributed by atoms with Gasteiger partial charge < -0.3 is 5.73 Å². The van der Waals surface area contributed by atoms with Crippen LogP contribution in [0.4, 0.5) is 4.39 Å². The highest BCUT2D eigenvalue weighted by Gasteiger charge is 2.42. The quantitative estimate of drug-likeness (QED) is 0.782. The molecule has 1 aromatic heterocycles. The molecule has 0 aliphatic rings. The van der Waals surface area contributed by atoms with Gasteiger partial charge in [0.2, 0.25) is 0 Å². The molecule has 1 aromatic rings. The Balaban J connectivity index is 3.09. The normalized spacial score (nSPS) is 17.0. The molecule has 1 unspecified atom stereocenters. The maximum Gasteiger partial charge on any atom is 0.153 e. The molecular weight excluding hydrogens is 185 g/mol. The van der Waals surface area contributed by atoms with Gasteiger partial charge in [-0.1, -0.05) is 20.8 Å². The van der Waals surface area contributed by atoms with Crippen molar-refractivity contribution in [1.29, 1.82) is 0 Å². The summed E-state index contributed by atoms with van der Waals surface area (Å²) in [7, 11) is 0. The SMILES string of the molecule is CC(C)(C)C(F)(CN)c1ccsc1. The van der Waals surface area contributed by atoms with Gasteiger partial charge in [0.15, 0.2) is 5.67 Å². The van der Waals surface area contributed by atoms with E-state index in [4.69, 9.17) is 5.73 Å². The minimum Gasteiger partial charge on any atom is -0.327 e. The highest BCUT2D eigenvalue weighted by molar-refractivity contribution is 7.08. The smallest absolute Gasteiger partial charge is 0.153 e. The second kappa shape index (κ2) is 3.39. The second-order valence-corrected chi connectivity index (χ2v) is 5.05. The Morgan fingerprint density at radius 3 is 2.38 bits per heavy atom. The van der Waals surface area contributed by atoms with Crippen LogP contribution >= 0.6 is 11.3 Å². The van der Waals surface area contributed by atoms with E-state index < -0.39 is 11.1 Å². The average molecular weight is 201 g/mol. The van der Waals surface area contributed by atoms with Gasteiger partial charge in [-0.2, -0.15) is 11.3 Å². The molecule has 0 saturated carbocycles. The van der Waals surface area contributed by atoms with E-state index in [1.54, 1.807) is 0 Å². The number of hydrogen-bond acceptors (Lipinski definition) is 2. The van der Waals surface area contributed by atoms with E-state index in [2.05, 4.69) is 0 Å². The second-order valence-electron chi connectivity index (χ2n) is 4.27. The van der Waals surface area contributed by atoms with Crippen LogP contribution < -0.4 is 5.73 Å². The third-order valence-electron chi connectivity index (χ3n) is 2.45. The van der Waals surface area contributed by atoms with Gasteiger partial charge in [0.25, 0.3) is 0 Å². The maximum atomic E-state index is 14.5. The molecule has 13 heavy (non-hydrogen) atoms. The van der Waals surface area contributed by atoms with Crippen LogP contribution in [0.25, 0.3) is 0 Å². The third-order valence-corrected chi connectivity index (χ3v) is 3.13. The van der Waals surface area contributed by atoms with Crippen molar-refractivity contribution in [3.8, 4) is 0 Å². The number of thiophene rings is 1. The van der Waals surface area contributed by atoms with Crippen LogP contribution in [0.5, 0.6) is 0 Å². The zero-order valence-corrected chi connectivity index (χ0v) is 9.12. The molecule has 0 aromatic carbocycles. The van der Waals surface area contributed by atoms with Crippen LogP contribution in [0.1, 0.15) is 26.3 Å². The fourth-order valence-electron chi connectivity index (χ4n) is 1.35. The highest BCUT2D eigenvalue weighted by atomic mass is 32.1. The largest absolute Gasteiger partial charge is 0.327 e. The lowest BCUT2D eigenvalue weighted by molar-refractivity contribution is 0.0347.